The molecule has 2 unspecified atom stereocenters. The van der Waals surface area contributed by atoms with Gasteiger partial charge < -0.3 is 4.42 Å². The lowest BCUT2D eigenvalue weighted by Gasteiger charge is -2.34. The van der Waals surface area contributed by atoms with E-state index in [1.54, 1.807) is 10.8 Å². The minimum Gasteiger partial charge on any atom is -0.438 e. The van der Waals surface area contributed by atoms with Crippen LogP contribution in [0.5, 0.6) is 0 Å². The number of rotatable bonds is 3. The molecule has 6 aromatic rings. The van der Waals surface area contributed by atoms with Gasteiger partial charge in [0.15, 0.2) is 24.1 Å². The van der Waals surface area contributed by atoms with Gasteiger partial charge in [-0.25, -0.2) is 4.98 Å². The molecule has 0 bridgehead atoms. The van der Waals surface area contributed by atoms with Crippen LogP contribution in [0.1, 0.15) is 111 Å². The molecule has 1 saturated carbocycles. The van der Waals surface area contributed by atoms with Gasteiger partial charge in [-0.05, 0) is 104 Å². The highest BCUT2D eigenvalue weighted by molar-refractivity contribution is 6.89. The minimum atomic E-state index is -1.66. The Balaban J connectivity index is 1.26. The third kappa shape index (κ3) is 5.58. The van der Waals surface area contributed by atoms with Gasteiger partial charge in [0.25, 0.3) is 0 Å². The number of hydrogen-bond donors (Lipinski definition) is 0. The Labute approximate surface area is 310 Å². The number of benzene rings is 2. The molecule has 0 radical (unpaired) electrons. The molecule has 0 N–H and O–H groups in total. The van der Waals surface area contributed by atoms with Crippen LogP contribution in [0.2, 0.25) is 19.6 Å². The second-order valence-corrected chi connectivity index (χ2v) is 22.4. The van der Waals surface area contributed by atoms with E-state index in [0.717, 1.165) is 52.7 Å². The smallest absolute Gasteiger partial charge is 0.227 e. The van der Waals surface area contributed by atoms with Gasteiger partial charge in [-0.3, -0.25) is 0 Å². The molecule has 52 heavy (non-hydrogen) atoms. The van der Waals surface area contributed by atoms with E-state index in [-0.39, 0.29) is 6.04 Å². The summed E-state index contributed by atoms with van der Waals surface area (Å²) in [5.74, 6) is 1.44. The molecule has 2 atom stereocenters. The van der Waals surface area contributed by atoms with Crippen LogP contribution in [-0.2, 0) is 6.42 Å². The first-order chi connectivity index (χ1) is 25.0. The summed E-state index contributed by atoms with van der Waals surface area (Å²) in [6.45, 7) is 19.2. The average Bonchev–Trinajstić information content (AvgIpc) is 3.49. The summed E-state index contributed by atoms with van der Waals surface area (Å²) < 4.78 is 11.6. The third-order valence-corrected chi connectivity index (χ3v) is 14.6. The molecule has 0 saturated heterocycles. The summed E-state index contributed by atoms with van der Waals surface area (Å²) in [6.07, 6.45) is 14.6. The fraction of sp³-hybridized carbons (Fsp3) is 0.383. The fourth-order valence-corrected chi connectivity index (χ4v) is 11.5. The number of fused-ring (bicyclic) bond motifs is 12. The van der Waals surface area contributed by atoms with Crippen LogP contribution in [0, 0.1) is 6.92 Å². The standard InChI is InChI=1S/C47H53N3OSi/c1-29(2)33-21-22-49-31(4)23-42-37(20-18-34-25-45-41(26-39(34)43(49)24-33)38-19-17-30(3)48-47(38)51-45)35-15-11-12-16-36(35)44-27-40(32-13-9-8-10-14-32)46(28-50(42)44)52(5,6)7/h11-12,15-17,19,21-22,24-29,32,37,42H,4,8-10,13-14,18,20,23H2,1-3,5-7H3/q+2. The van der Waals surface area contributed by atoms with Crippen LogP contribution in [-0.4, -0.2) is 13.1 Å². The van der Waals surface area contributed by atoms with E-state index in [2.05, 4.69) is 122 Å². The van der Waals surface area contributed by atoms with Gasteiger partial charge in [0.1, 0.15) is 5.58 Å². The molecule has 6 heterocycles. The summed E-state index contributed by atoms with van der Waals surface area (Å²) in [4.78, 5) is 4.77. The molecule has 2 aromatic carbocycles. The van der Waals surface area contributed by atoms with Crippen molar-refractivity contribution in [1.29, 1.82) is 0 Å². The first-order valence-electron chi connectivity index (χ1n) is 19.8. The van der Waals surface area contributed by atoms with Crippen molar-refractivity contribution in [1.82, 2.24) is 4.98 Å². The molecule has 4 aromatic heterocycles. The van der Waals surface area contributed by atoms with E-state index in [9.17, 15) is 0 Å². The lowest BCUT2D eigenvalue weighted by molar-refractivity contribution is -0.719. The zero-order valence-corrected chi connectivity index (χ0v) is 32.9. The Kier molecular flexibility index (Phi) is 8.15. The summed E-state index contributed by atoms with van der Waals surface area (Å²) in [6, 6.07) is 25.9. The van der Waals surface area contributed by atoms with Crippen molar-refractivity contribution in [2.45, 2.75) is 116 Å². The number of furan rings is 1. The number of hydrogen-bond acceptors (Lipinski definition) is 2. The Morgan fingerprint density at radius 2 is 1.65 bits per heavy atom. The summed E-state index contributed by atoms with van der Waals surface area (Å²) >= 11 is 0. The second kappa shape index (κ2) is 12.7. The topological polar surface area (TPSA) is 33.8 Å². The molecular formula is C47H53N3OSi+2. The van der Waals surface area contributed by atoms with E-state index in [4.69, 9.17) is 16.0 Å². The molecule has 0 amide bonds. The molecule has 3 aliphatic rings. The largest absolute Gasteiger partial charge is 0.438 e. The van der Waals surface area contributed by atoms with Gasteiger partial charge in [0, 0.05) is 51.3 Å². The first kappa shape index (κ1) is 33.5. The van der Waals surface area contributed by atoms with Crippen molar-refractivity contribution in [3.8, 4) is 22.5 Å². The highest BCUT2D eigenvalue weighted by Crippen LogP contribution is 2.46. The van der Waals surface area contributed by atoms with E-state index in [1.165, 1.54) is 71.3 Å². The SMILES string of the molecule is C=C1CC2C(CCc3cc4oc5nc(C)ccc5c4cc3-c3cc(C(C)C)cc[n+]31)c1ccccc1-c1cc(C3CCCCC3)c([Si](C)(C)C)c[n+]12. The van der Waals surface area contributed by atoms with E-state index in [0.29, 0.717) is 17.8 Å². The van der Waals surface area contributed by atoms with Crippen LogP contribution in [0.15, 0.2) is 90.1 Å². The average molecular weight is 704 g/mol. The molecule has 5 heteroatoms. The van der Waals surface area contributed by atoms with Crippen molar-refractivity contribution in [3.05, 3.63) is 114 Å². The molecule has 0 spiro atoms. The number of pyridine rings is 3. The normalized spacial score (nSPS) is 19.2. The van der Waals surface area contributed by atoms with Gasteiger partial charge in [-0.2, -0.15) is 9.13 Å². The van der Waals surface area contributed by atoms with Gasteiger partial charge in [0.2, 0.25) is 17.1 Å². The Hall–Kier alpha value is -4.35. The summed E-state index contributed by atoms with van der Waals surface area (Å²) in [7, 11) is -1.66. The Morgan fingerprint density at radius 3 is 2.44 bits per heavy atom. The van der Waals surface area contributed by atoms with Crippen molar-refractivity contribution in [2.75, 3.05) is 0 Å². The fourth-order valence-electron chi connectivity index (χ4n) is 9.79. The number of nitrogens with zero attached hydrogens (tertiary/aromatic N) is 3. The maximum absolute atomic E-state index is 6.48. The highest BCUT2D eigenvalue weighted by Gasteiger charge is 2.44. The van der Waals surface area contributed by atoms with E-state index in [1.807, 2.05) is 6.92 Å². The van der Waals surface area contributed by atoms with Gasteiger partial charge in [-0.15, -0.1) is 0 Å². The van der Waals surface area contributed by atoms with Crippen molar-refractivity contribution >= 4 is 41.0 Å². The van der Waals surface area contributed by atoms with Crippen LogP contribution in [0.3, 0.4) is 0 Å². The molecule has 264 valence electrons. The summed E-state index contributed by atoms with van der Waals surface area (Å²) in [5.41, 5.74) is 14.9. The minimum absolute atomic E-state index is 0.265. The molecule has 1 aliphatic carbocycles. The third-order valence-electron chi connectivity index (χ3n) is 12.6. The lowest BCUT2D eigenvalue weighted by atomic mass is 9.76. The number of aryl methyl sites for hydroxylation is 2. The second-order valence-electron chi connectivity index (χ2n) is 17.4. The molecule has 1 fully saturated rings. The Morgan fingerprint density at radius 1 is 0.846 bits per heavy atom. The predicted molar refractivity (Wildman–Crippen MR) is 217 cm³/mol. The zero-order chi connectivity index (χ0) is 35.9. The maximum atomic E-state index is 6.48. The first-order valence-corrected chi connectivity index (χ1v) is 23.3. The van der Waals surface area contributed by atoms with Crippen molar-refractivity contribution in [3.63, 3.8) is 0 Å². The van der Waals surface area contributed by atoms with Crippen LogP contribution in [0.25, 0.3) is 50.3 Å². The zero-order valence-electron chi connectivity index (χ0n) is 31.9. The molecular weight excluding hydrogens is 651 g/mol. The summed E-state index contributed by atoms with van der Waals surface area (Å²) in [5, 5.41) is 3.86. The van der Waals surface area contributed by atoms with Crippen LogP contribution >= 0.6 is 0 Å². The van der Waals surface area contributed by atoms with Gasteiger partial charge in [0.05, 0.1) is 20.1 Å². The quantitative estimate of drug-likeness (QED) is 0.136. The van der Waals surface area contributed by atoms with Gasteiger partial charge in [-0.1, -0.05) is 71.0 Å². The molecule has 9 rings (SSSR count). The van der Waals surface area contributed by atoms with E-state index < -0.39 is 8.07 Å². The van der Waals surface area contributed by atoms with Gasteiger partial charge >= 0.3 is 0 Å². The highest BCUT2D eigenvalue weighted by atomic mass is 28.3. The molecule has 2 aliphatic heterocycles. The van der Waals surface area contributed by atoms with Crippen molar-refractivity contribution in [2.24, 2.45) is 0 Å². The number of aromatic nitrogens is 3. The number of allylic oxidation sites excluding steroid dienone is 1. The molecule has 4 nitrogen and oxygen atoms in total. The monoisotopic (exact) mass is 703 g/mol. The van der Waals surface area contributed by atoms with Crippen LogP contribution < -0.4 is 14.3 Å². The predicted octanol–water partition coefficient (Wildman–Crippen LogP) is 11.1. The van der Waals surface area contributed by atoms with Crippen molar-refractivity contribution < 1.29 is 13.6 Å². The maximum Gasteiger partial charge on any atom is 0.227 e. The lowest BCUT2D eigenvalue weighted by Crippen LogP contribution is -2.55. The van der Waals surface area contributed by atoms with Crippen LogP contribution in [0.4, 0.5) is 0 Å². The van der Waals surface area contributed by atoms with E-state index >= 15 is 0 Å². The Bertz CT molecular complexity index is 2390.